The summed E-state index contributed by atoms with van der Waals surface area (Å²) in [4.78, 5) is 0. The number of halogens is 3. The number of alkyl halides is 3. The van der Waals surface area contributed by atoms with E-state index < -0.39 is 6.36 Å². The summed E-state index contributed by atoms with van der Waals surface area (Å²) in [5.41, 5.74) is 1.20. The highest BCUT2D eigenvalue weighted by Gasteiger charge is 2.28. The lowest BCUT2D eigenvalue weighted by Crippen LogP contribution is -2.25. The molecule has 0 saturated carbocycles. The lowest BCUT2D eigenvalue weighted by molar-refractivity contribution is -0.323. The summed E-state index contributed by atoms with van der Waals surface area (Å²) in [5, 5.41) is 6.87. The van der Waals surface area contributed by atoms with Gasteiger partial charge in [-0.2, -0.15) is 11.3 Å². The third-order valence-electron chi connectivity index (χ3n) is 1.72. The molecule has 1 rings (SSSR count). The normalized spacial score (nSPS) is 11.9. The van der Waals surface area contributed by atoms with Crippen molar-refractivity contribution in [1.29, 1.82) is 0 Å². The van der Waals surface area contributed by atoms with Crippen molar-refractivity contribution in [3.63, 3.8) is 0 Å². The molecular weight excluding hydrogens is 227 g/mol. The van der Waals surface area contributed by atoms with Crippen LogP contribution < -0.4 is 5.32 Å². The zero-order valence-electron chi connectivity index (χ0n) is 8.01. The molecule has 2 nitrogen and oxygen atoms in total. The Labute approximate surface area is 90.1 Å². The van der Waals surface area contributed by atoms with Gasteiger partial charge in [0.15, 0.2) is 0 Å². The maximum atomic E-state index is 11.5. The molecule has 0 bridgehead atoms. The van der Waals surface area contributed by atoms with Gasteiger partial charge in [0.25, 0.3) is 0 Å². The van der Waals surface area contributed by atoms with Crippen LogP contribution in [0.3, 0.4) is 0 Å². The van der Waals surface area contributed by atoms with Gasteiger partial charge in [0.1, 0.15) is 0 Å². The molecule has 0 aliphatic carbocycles. The molecular formula is C9H12F3NOS. The minimum absolute atomic E-state index is 0.212. The second kappa shape index (κ2) is 6.09. The van der Waals surface area contributed by atoms with E-state index in [0.717, 1.165) is 6.42 Å². The fraction of sp³-hybridized carbons (Fsp3) is 0.556. The molecule has 0 atom stereocenters. The summed E-state index contributed by atoms with van der Waals surface area (Å²) in [6, 6.07) is 2.00. The SMILES string of the molecule is FC(F)(F)OCCNCCc1ccsc1. The largest absolute Gasteiger partial charge is 0.522 e. The summed E-state index contributed by atoms with van der Waals surface area (Å²) in [6.45, 7) is 0.536. The zero-order valence-corrected chi connectivity index (χ0v) is 8.83. The Morgan fingerprint density at radius 1 is 1.33 bits per heavy atom. The Bertz CT molecular complexity index is 261. The average molecular weight is 239 g/mol. The smallest absolute Gasteiger partial charge is 0.314 e. The van der Waals surface area contributed by atoms with E-state index in [1.54, 1.807) is 11.3 Å². The maximum Gasteiger partial charge on any atom is 0.522 e. The van der Waals surface area contributed by atoms with Gasteiger partial charge in [-0.15, -0.1) is 13.2 Å². The van der Waals surface area contributed by atoms with Gasteiger partial charge in [-0.25, -0.2) is 0 Å². The Hall–Kier alpha value is -0.590. The molecule has 6 heteroatoms. The van der Waals surface area contributed by atoms with Crippen molar-refractivity contribution in [2.45, 2.75) is 12.8 Å². The minimum Gasteiger partial charge on any atom is -0.314 e. The highest BCUT2D eigenvalue weighted by molar-refractivity contribution is 7.07. The molecule has 1 N–H and O–H groups in total. The molecule has 0 spiro atoms. The third kappa shape index (κ3) is 6.48. The molecule has 0 aliphatic heterocycles. The van der Waals surface area contributed by atoms with Crippen LogP contribution in [0.2, 0.25) is 0 Å². The number of ether oxygens (including phenoxy) is 1. The van der Waals surface area contributed by atoms with Crippen LogP contribution in [0.5, 0.6) is 0 Å². The molecule has 0 amide bonds. The third-order valence-corrected chi connectivity index (χ3v) is 2.45. The Morgan fingerprint density at radius 2 is 2.13 bits per heavy atom. The van der Waals surface area contributed by atoms with Crippen LogP contribution in [0, 0.1) is 0 Å². The molecule has 15 heavy (non-hydrogen) atoms. The predicted molar refractivity (Wildman–Crippen MR) is 52.9 cm³/mol. The summed E-state index contributed by atoms with van der Waals surface area (Å²) < 4.78 is 38.2. The molecule has 0 saturated heterocycles. The standard InChI is InChI=1S/C9H12F3NOS/c10-9(11,12)14-5-4-13-3-1-8-2-6-15-7-8/h2,6-7,13H,1,3-5H2. The monoisotopic (exact) mass is 239 g/mol. The van der Waals surface area contributed by atoms with Gasteiger partial charge in [-0.1, -0.05) is 0 Å². The van der Waals surface area contributed by atoms with Crippen molar-refractivity contribution in [2.24, 2.45) is 0 Å². The highest BCUT2D eigenvalue weighted by Crippen LogP contribution is 2.15. The van der Waals surface area contributed by atoms with E-state index >= 15 is 0 Å². The molecule has 0 aromatic carbocycles. The zero-order chi connectivity index (χ0) is 11.1. The molecule has 0 unspecified atom stereocenters. The average Bonchev–Trinajstić information content (AvgIpc) is 2.61. The van der Waals surface area contributed by atoms with E-state index in [2.05, 4.69) is 10.1 Å². The van der Waals surface area contributed by atoms with E-state index in [4.69, 9.17) is 0 Å². The first kappa shape index (κ1) is 12.5. The molecule has 0 fully saturated rings. The van der Waals surface area contributed by atoms with Gasteiger partial charge in [0.05, 0.1) is 6.61 Å². The van der Waals surface area contributed by atoms with Crippen LogP contribution in [0.15, 0.2) is 16.8 Å². The number of hydrogen-bond acceptors (Lipinski definition) is 3. The van der Waals surface area contributed by atoms with Crippen LogP contribution in [0.1, 0.15) is 5.56 Å². The first-order chi connectivity index (χ1) is 7.08. The fourth-order valence-electron chi connectivity index (χ4n) is 1.03. The Balaban J connectivity index is 1.94. The minimum atomic E-state index is -4.52. The van der Waals surface area contributed by atoms with Gasteiger partial charge >= 0.3 is 6.36 Å². The number of nitrogens with one attached hydrogen (secondary N) is 1. The second-order valence-corrected chi connectivity index (χ2v) is 3.71. The van der Waals surface area contributed by atoms with Crippen LogP contribution in [-0.4, -0.2) is 26.1 Å². The van der Waals surface area contributed by atoms with Gasteiger partial charge < -0.3 is 5.32 Å². The van der Waals surface area contributed by atoms with Crippen molar-refractivity contribution in [3.05, 3.63) is 22.4 Å². The van der Waals surface area contributed by atoms with E-state index in [9.17, 15) is 13.2 Å². The number of hydrogen-bond donors (Lipinski definition) is 1. The van der Waals surface area contributed by atoms with E-state index in [0.29, 0.717) is 6.54 Å². The predicted octanol–water partition coefficient (Wildman–Crippen LogP) is 2.42. The van der Waals surface area contributed by atoms with Crippen molar-refractivity contribution in [1.82, 2.24) is 5.32 Å². The molecule has 0 radical (unpaired) electrons. The van der Waals surface area contributed by atoms with Gasteiger partial charge in [-0.05, 0) is 35.4 Å². The summed E-state index contributed by atoms with van der Waals surface area (Å²) in [5.74, 6) is 0. The topological polar surface area (TPSA) is 21.3 Å². The van der Waals surface area contributed by atoms with Crippen LogP contribution >= 0.6 is 11.3 Å². The Kier molecular flexibility index (Phi) is 5.07. The molecule has 0 aliphatic rings. The molecule has 1 heterocycles. The van der Waals surface area contributed by atoms with Crippen molar-refractivity contribution >= 4 is 11.3 Å². The highest BCUT2D eigenvalue weighted by atomic mass is 32.1. The van der Waals surface area contributed by atoms with E-state index in [-0.39, 0.29) is 13.2 Å². The van der Waals surface area contributed by atoms with Gasteiger partial charge in [-0.3, -0.25) is 4.74 Å². The summed E-state index contributed by atoms with van der Waals surface area (Å²) >= 11 is 1.61. The maximum absolute atomic E-state index is 11.5. The first-order valence-electron chi connectivity index (χ1n) is 4.50. The van der Waals surface area contributed by atoms with E-state index in [1.165, 1.54) is 5.56 Å². The van der Waals surface area contributed by atoms with Crippen LogP contribution in [0.25, 0.3) is 0 Å². The van der Waals surface area contributed by atoms with Crippen molar-refractivity contribution in [3.8, 4) is 0 Å². The molecule has 1 aromatic rings. The molecule has 86 valence electrons. The number of thiophene rings is 1. The van der Waals surface area contributed by atoms with Gasteiger partial charge in [0, 0.05) is 6.54 Å². The van der Waals surface area contributed by atoms with Crippen molar-refractivity contribution < 1.29 is 17.9 Å². The summed E-state index contributed by atoms with van der Waals surface area (Å²) in [6.07, 6.45) is -3.69. The summed E-state index contributed by atoms with van der Waals surface area (Å²) in [7, 11) is 0. The van der Waals surface area contributed by atoms with E-state index in [1.807, 2.05) is 16.8 Å². The van der Waals surface area contributed by atoms with Crippen LogP contribution in [-0.2, 0) is 11.2 Å². The lowest BCUT2D eigenvalue weighted by Gasteiger charge is -2.07. The first-order valence-corrected chi connectivity index (χ1v) is 5.45. The molecule has 1 aromatic heterocycles. The lowest BCUT2D eigenvalue weighted by atomic mass is 10.2. The second-order valence-electron chi connectivity index (χ2n) is 2.93. The quantitative estimate of drug-likeness (QED) is 0.770. The van der Waals surface area contributed by atoms with Crippen molar-refractivity contribution in [2.75, 3.05) is 19.7 Å². The Morgan fingerprint density at radius 3 is 2.73 bits per heavy atom. The fourth-order valence-corrected chi connectivity index (χ4v) is 1.73. The van der Waals surface area contributed by atoms with Gasteiger partial charge in [0.2, 0.25) is 0 Å². The van der Waals surface area contributed by atoms with Crippen LogP contribution in [0.4, 0.5) is 13.2 Å². The number of rotatable bonds is 6.